The molecule has 0 atom stereocenters. The van der Waals surface area contributed by atoms with Crippen molar-refractivity contribution in [2.45, 2.75) is 12.8 Å². The summed E-state index contributed by atoms with van der Waals surface area (Å²) >= 11 is 0. The quantitative estimate of drug-likeness (QED) is 0.930. The molecule has 0 radical (unpaired) electrons. The molecule has 1 saturated heterocycles. The second-order valence-corrected chi connectivity index (χ2v) is 6.06. The molecule has 6 nitrogen and oxygen atoms in total. The van der Waals surface area contributed by atoms with Crippen molar-refractivity contribution in [3.63, 3.8) is 0 Å². The fourth-order valence-corrected chi connectivity index (χ4v) is 2.81. The number of amides is 2. The lowest BCUT2D eigenvalue weighted by molar-refractivity contribution is 0.0931. The fourth-order valence-electron chi connectivity index (χ4n) is 2.81. The van der Waals surface area contributed by atoms with Crippen LogP contribution >= 0.6 is 0 Å². The van der Waals surface area contributed by atoms with Crippen molar-refractivity contribution < 1.29 is 14.3 Å². The highest BCUT2D eigenvalue weighted by Crippen LogP contribution is 2.18. The maximum Gasteiger partial charge on any atom is 0.415 e. The highest BCUT2D eigenvalue weighted by Gasteiger charge is 2.24. The summed E-state index contributed by atoms with van der Waals surface area (Å²) in [5.74, 6) is 0.804. The summed E-state index contributed by atoms with van der Waals surface area (Å²) in [6.07, 6.45) is 4.57. The minimum atomic E-state index is -0.316. The molecular formula is C19H21N3O3. The molecule has 0 saturated carbocycles. The first-order chi connectivity index (χ1) is 12.2. The number of nitrogens with zero attached hydrogens (tertiary/aromatic N) is 2. The van der Waals surface area contributed by atoms with E-state index in [0.29, 0.717) is 36.9 Å². The van der Waals surface area contributed by atoms with Gasteiger partial charge in [-0.15, -0.1) is 0 Å². The highest BCUT2D eigenvalue weighted by atomic mass is 16.6. The molecule has 1 aromatic carbocycles. The van der Waals surface area contributed by atoms with Crippen LogP contribution in [0.3, 0.4) is 0 Å². The molecule has 6 heteroatoms. The Morgan fingerprint density at radius 1 is 1.12 bits per heavy atom. The number of nitrogens with one attached hydrogen (secondary N) is 1. The third-order valence-corrected chi connectivity index (χ3v) is 4.30. The standard InChI is InChI=1S/C19H21N3O3/c23-18(16-5-4-10-20-14-16)21-13-15-8-11-22(12-9-15)19(24)25-17-6-2-1-3-7-17/h1-7,10,14-15H,8-9,11-13H2,(H,21,23). The number of aromatic nitrogens is 1. The van der Waals surface area contributed by atoms with Gasteiger partial charge in [-0.25, -0.2) is 4.79 Å². The summed E-state index contributed by atoms with van der Waals surface area (Å²) in [6.45, 7) is 1.88. The molecule has 0 unspecified atom stereocenters. The van der Waals surface area contributed by atoms with Gasteiger partial charge in [0.2, 0.25) is 0 Å². The van der Waals surface area contributed by atoms with Crippen molar-refractivity contribution in [3.05, 3.63) is 60.4 Å². The van der Waals surface area contributed by atoms with Crippen LogP contribution in [0.15, 0.2) is 54.9 Å². The van der Waals surface area contributed by atoms with Crippen molar-refractivity contribution in [1.29, 1.82) is 0 Å². The van der Waals surface area contributed by atoms with Crippen molar-refractivity contribution in [2.24, 2.45) is 5.92 Å². The van der Waals surface area contributed by atoms with E-state index in [4.69, 9.17) is 4.74 Å². The number of pyridine rings is 1. The minimum Gasteiger partial charge on any atom is -0.410 e. The van der Waals surface area contributed by atoms with E-state index in [9.17, 15) is 9.59 Å². The molecule has 25 heavy (non-hydrogen) atoms. The first-order valence-electron chi connectivity index (χ1n) is 8.42. The number of carbonyl (C=O) groups excluding carboxylic acids is 2. The Morgan fingerprint density at radius 2 is 1.88 bits per heavy atom. The van der Waals surface area contributed by atoms with Gasteiger partial charge >= 0.3 is 6.09 Å². The topological polar surface area (TPSA) is 71.5 Å². The molecule has 0 spiro atoms. The Bertz CT molecular complexity index is 698. The Balaban J connectivity index is 1.41. The number of hydrogen-bond donors (Lipinski definition) is 1. The van der Waals surface area contributed by atoms with Crippen molar-refractivity contribution in [2.75, 3.05) is 19.6 Å². The minimum absolute atomic E-state index is 0.112. The van der Waals surface area contributed by atoms with E-state index in [1.807, 2.05) is 18.2 Å². The van der Waals surface area contributed by atoms with Gasteiger partial charge in [0, 0.05) is 32.0 Å². The zero-order valence-electron chi connectivity index (χ0n) is 13.9. The van der Waals surface area contributed by atoms with Gasteiger partial charge in [-0.05, 0) is 43.0 Å². The summed E-state index contributed by atoms with van der Waals surface area (Å²) < 4.78 is 5.36. The van der Waals surface area contributed by atoms with E-state index in [0.717, 1.165) is 12.8 Å². The van der Waals surface area contributed by atoms with E-state index in [2.05, 4.69) is 10.3 Å². The molecule has 1 aromatic heterocycles. The maximum atomic E-state index is 12.2. The molecule has 130 valence electrons. The lowest BCUT2D eigenvalue weighted by Crippen LogP contribution is -2.42. The summed E-state index contributed by atoms with van der Waals surface area (Å²) in [7, 11) is 0. The van der Waals surface area contributed by atoms with E-state index in [-0.39, 0.29) is 12.0 Å². The smallest absolute Gasteiger partial charge is 0.410 e. The molecular weight excluding hydrogens is 318 g/mol. The van der Waals surface area contributed by atoms with Gasteiger partial charge in [0.05, 0.1) is 5.56 Å². The number of para-hydroxylation sites is 1. The average molecular weight is 339 g/mol. The lowest BCUT2D eigenvalue weighted by Gasteiger charge is -2.31. The van der Waals surface area contributed by atoms with Crippen LogP contribution in [0, 0.1) is 5.92 Å². The molecule has 2 amide bonds. The van der Waals surface area contributed by atoms with E-state index < -0.39 is 0 Å². The highest BCUT2D eigenvalue weighted by molar-refractivity contribution is 5.93. The van der Waals surface area contributed by atoms with Crippen LogP contribution in [0.1, 0.15) is 23.2 Å². The first-order valence-corrected chi connectivity index (χ1v) is 8.42. The van der Waals surface area contributed by atoms with Crippen molar-refractivity contribution >= 4 is 12.0 Å². The van der Waals surface area contributed by atoms with Gasteiger partial charge in [0.25, 0.3) is 5.91 Å². The van der Waals surface area contributed by atoms with Crippen LogP contribution in [0.25, 0.3) is 0 Å². The van der Waals surface area contributed by atoms with Crippen molar-refractivity contribution in [1.82, 2.24) is 15.2 Å². The van der Waals surface area contributed by atoms with Crippen LogP contribution in [-0.2, 0) is 0 Å². The number of piperidine rings is 1. The number of hydrogen-bond acceptors (Lipinski definition) is 4. The predicted octanol–water partition coefficient (Wildman–Crippen LogP) is 2.72. The van der Waals surface area contributed by atoms with Gasteiger partial charge in [-0.3, -0.25) is 9.78 Å². The maximum absolute atomic E-state index is 12.2. The van der Waals surface area contributed by atoms with E-state index in [1.54, 1.807) is 41.6 Å². The average Bonchev–Trinajstić information content (AvgIpc) is 2.68. The molecule has 0 bridgehead atoms. The lowest BCUT2D eigenvalue weighted by atomic mass is 9.97. The number of benzene rings is 1. The zero-order chi connectivity index (χ0) is 17.5. The van der Waals surface area contributed by atoms with Gasteiger partial charge in [0.1, 0.15) is 5.75 Å². The van der Waals surface area contributed by atoms with Crippen LogP contribution in [0.5, 0.6) is 5.75 Å². The Hall–Kier alpha value is -2.89. The van der Waals surface area contributed by atoms with Crippen LogP contribution in [0.4, 0.5) is 4.79 Å². The second kappa shape index (κ2) is 8.28. The van der Waals surface area contributed by atoms with Crippen LogP contribution in [0.2, 0.25) is 0 Å². The first kappa shape index (κ1) is 17.0. The molecule has 1 aliphatic rings. The number of likely N-dealkylation sites (tertiary alicyclic amines) is 1. The molecule has 1 aliphatic heterocycles. The predicted molar refractivity (Wildman–Crippen MR) is 93.3 cm³/mol. The molecule has 1 N–H and O–H groups in total. The Kier molecular flexibility index (Phi) is 5.61. The SMILES string of the molecule is O=C(NCC1CCN(C(=O)Oc2ccccc2)CC1)c1cccnc1. The largest absolute Gasteiger partial charge is 0.415 e. The van der Waals surface area contributed by atoms with Gasteiger partial charge in [-0.2, -0.15) is 0 Å². The number of rotatable bonds is 4. The van der Waals surface area contributed by atoms with Gasteiger partial charge in [0.15, 0.2) is 0 Å². The fraction of sp³-hybridized carbons (Fsp3) is 0.316. The normalized spacial score (nSPS) is 14.8. The van der Waals surface area contributed by atoms with Crippen molar-refractivity contribution in [3.8, 4) is 5.75 Å². The summed E-state index contributed by atoms with van der Waals surface area (Å²) in [5.41, 5.74) is 0.561. The third kappa shape index (κ3) is 4.79. The van der Waals surface area contributed by atoms with Crippen LogP contribution in [-0.4, -0.2) is 41.5 Å². The van der Waals surface area contributed by atoms with Gasteiger partial charge < -0.3 is 15.0 Å². The molecule has 2 aromatic rings. The summed E-state index contributed by atoms with van der Waals surface area (Å²) in [5, 5.41) is 2.94. The van der Waals surface area contributed by atoms with E-state index >= 15 is 0 Å². The molecule has 0 aliphatic carbocycles. The number of ether oxygens (including phenoxy) is 1. The summed E-state index contributed by atoms with van der Waals surface area (Å²) in [4.78, 5) is 29.8. The second-order valence-electron chi connectivity index (χ2n) is 6.06. The van der Waals surface area contributed by atoms with E-state index in [1.165, 1.54) is 0 Å². The molecule has 1 fully saturated rings. The zero-order valence-corrected chi connectivity index (χ0v) is 13.9. The van der Waals surface area contributed by atoms with Gasteiger partial charge in [-0.1, -0.05) is 18.2 Å². The number of carbonyl (C=O) groups is 2. The summed E-state index contributed by atoms with van der Waals surface area (Å²) in [6, 6.07) is 12.6. The monoisotopic (exact) mass is 339 g/mol. The van der Waals surface area contributed by atoms with Crippen LogP contribution < -0.4 is 10.1 Å². The Morgan fingerprint density at radius 3 is 2.56 bits per heavy atom. The third-order valence-electron chi connectivity index (χ3n) is 4.30. The molecule has 2 heterocycles. The molecule has 3 rings (SSSR count). The Labute approximate surface area is 146 Å².